The Morgan fingerprint density at radius 1 is 1.21 bits per heavy atom. The molecule has 1 saturated heterocycles. The number of halogens is 1. The van der Waals surface area contributed by atoms with Crippen molar-refractivity contribution in [1.29, 1.82) is 0 Å². The number of anilines is 1. The Balaban J connectivity index is 1.72. The average Bonchev–Trinajstić information content (AvgIpc) is 2.70. The van der Waals surface area contributed by atoms with Crippen molar-refractivity contribution >= 4 is 45.0 Å². The molecule has 8 heteroatoms. The SMILES string of the molecule is CCSc1ccccc1NC(=O)[C@H]1CCCN(S(=O)(=O)c2ccc(Cl)cc2)C1. The van der Waals surface area contributed by atoms with Gasteiger partial charge in [-0.25, -0.2) is 8.42 Å². The Hall–Kier alpha value is -1.54. The molecular formula is C20H23ClN2O3S2. The molecule has 5 nitrogen and oxygen atoms in total. The lowest BCUT2D eigenvalue weighted by Gasteiger charge is -2.31. The highest BCUT2D eigenvalue weighted by Crippen LogP contribution is 2.29. The molecule has 0 saturated carbocycles. The summed E-state index contributed by atoms with van der Waals surface area (Å²) in [5, 5.41) is 3.47. The maximum absolute atomic E-state index is 12.9. The van der Waals surface area contributed by atoms with Crippen LogP contribution in [-0.4, -0.2) is 37.5 Å². The fraction of sp³-hybridized carbons (Fsp3) is 0.350. The summed E-state index contributed by atoms with van der Waals surface area (Å²) in [6, 6.07) is 13.8. The minimum atomic E-state index is -3.64. The minimum Gasteiger partial charge on any atom is -0.325 e. The zero-order valence-corrected chi connectivity index (χ0v) is 18.0. The fourth-order valence-corrected chi connectivity index (χ4v) is 5.63. The number of carbonyl (C=O) groups excluding carboxylic acids is 1. The molecule has 2 aromatic rings. The van der Waals surface area contributed by atoms with E-state index in [1.54, 1.807) is 23.9 Å². The van der Waals surface area contributed by atoms with Crippen LogP contribution in [0.4, 0.5) is 5.69 Å². The fourth-order valence-electron chi connectivity index (χ4n) is 3.22. The third-order valence-corrected chi connectivity index (χ3v) is 7.74. The average molecular weight is 439 g/mol. The van der Waals surface area contributed by atoms with E-state index in [1.165, 1.54) is 16.4 Å². The number of thioether (sulfide) groups is 1. The first-order chi connectivity index (χ1) is 13.4. The van der Waals surface area contributed by atoms with Gasteiger partial charge >= 0.3 is 0 Å². The summed E-state index contributed by atoms with van der Waals surface area (Å²) in [5.41, 5.74) is 0.775. The number of hydrogen-bond acceptors (Lipinski definition) is 4. The first kappa shape index (κ1) is 21.2. The first-order valence-corrected chi connectivity index (χ1v) is 12.0. The number of piperidine rings is 1. The van der Waals surface area contributed by atoms with Crippen molar-refractivity contribution in [3.8, 4) is 0 Å². The number of benzene rings is 2. The van der Waals surface area contributed by atoms with Gasteiger partial charge in [0.15, 0.2) is 0 Å². The van der Waals surface area contributed by atoms with E-state index >= 15 is 0 Å². The first-order valence-electron chi connectivity index (χ1n) is 9.20. The number of rotatable bonds is 6. The molecule has 1 aliphatic rings. The highest BCUT2D eigenvalue weighted by atomic mass is 35.5. The van der Waals surface area contributed by atoms with Crippen LogP contribution in [0, 0.1) is 5.92 Å². The predicted molar refractivity (Wildman–Crippen MR) is 114 cm³/mol. The van der Waals surface area contributed by atoms with Crippen LogP contribution >= 0.6 is 23.4 Å². The van der Waals surface area contributed by atoms with E-state index in [0.29, 0.717) is 24.4 Å². The van der Waals surface area contributed by atoms with Crippen molar-refractivity contribution in [3.63, 3.8) is 0 Å². The molecule has 1 heterocycles. The summed E-state index contributed by atoms with van der Waals surface area (Å²) in [6.07, 6.45) is 1.32. The van der Waals surface area contributed by atoms with Crippen LogP contribution < -0.4 is 5.32 Å². The largest absolute Gasteiger partial charge is 0.325 e. The third kappa shape index (κ3) is 4.89. The van der Waals surface area contributed by atoms with E-state index in [9.17, 15) is 13.2 Å². The van der Waals surface area contributed by atoms with E-state index < -0.39 is 10.0 Å². The molecule has 1 N–H and O–H groups in total. The number of nitrogens with zero attached hydrogens (tertiary/aromatic N) is 1. The van der Waals surface area contributed by atoms with Gasteiger partial charge in [-0.1, -0.05) is 30.7 Å². The van der Waals surface area contributed by atoms with E-state index in [4.69, 9.17) is 11.6 Å². The lowest BCUT2D eigenvalue weighted by molar-refractivity contribution is -0.120. The zero-order chi connectivity index (χ0) is 20.1. The summed E-state index contributed by atoms with van der Waals surface area (Å²) >= 11 is 7.52. The lowest BCUT2D eigenvalue weighted by atomic mass is 9.99. The summed E-state index contributed by atoms with van der Waals surface area (Å²) in [6.45, 7) is 2.65. The predicted octanol–water partition coefficient (Wildman–Crippen LogP) is 4.49. The molecule has 150 valence electrons. The summed E-state index contributed by atoms with van der Waals surface area (Å²) < 4.78 is 27.2. The van der Waals surface area contributed by atoms with E-state index in [2.05, 4.69) is 12.2 Å². The van der Waals surface area contributed by atoms with Crippen LogP contribution in [0.15, 0.2) is 58.3 Å². The Kier molecular flexibility index (Phi) is 7.04. The molecule has 1 amide bonds. The van der Waals surface area contributed by atoms with Gasteiger partial charge in [-0.15, -0.1) is 11.8 Å². The van der Waals surface area contributed by atoms with Crippen LogP contribution in [0.25, 0.3) is 0 Å². The van der Waals surface area contributed by atoms with Gasteiger partial charge in [0.2, 0.25) is 15.9 Å². The quantitative estimate of drug-likeness (QED) is 0.674. The van der Waals surface area contributed by atoms with Gasteiger partial charge in [0, 0.05) is 23.0 Å². The molecule has 2 aromatic carbocycles. The van der Waals surface area contributed by atoms with Gasteiger partial charge in [0.1, 0.15) is 0 Å². The van der Waals surface area contributed by atoms with Crippen LogP contribution in [0.2, 0.25) is 5.02 Å². The maximum Gasteiger partial charge on any atom is 0.243 e. The minimum absolute atomic E-state index is 0.139. The number of carbonyl (C=O) groups is 1. The van der Waals surface area contributed by atoms with Crippen molar-refractivity contribution in [2.75, 3.05) is 24.2 Å². The van der Waals surface area contributed by atoms with Crippen LogP contribution in [0.5, 0.6) is 0 Å². The molecule has 28 heavy (non-hydrogen) atoms. The molecule has 3 rings (SSSR count). The molecule has 0 aromatic heterocycles. The molecule has 0 aliphatic carbocycles. The summed E-state index contributed by atoms with van der Waals surface area (Å²) in [4.78, 5) is 14.0. The topological polar surface area (TPSA) is 66.5 Å². The standard InChI is InChI=1S/C20H23ClN2O3S2/c1-2-27-19-8-4-3-7-18(19)22-20(24)15-6-5-13-23(14-15)28(25,26)17-11-9-16(21)10-12-17/h3-4,7-12,15H,2,5-6,13-14H2,1H3,(H,22,24)/t15-/m0/s1. The Bertz CT molecular complexity index is 933. The number of sulfonamides is 1. The van der Waals surface area contributed by atoms with E-state index in [-0.39, 0.29) is 23.3 Å². The van der Waals surface area contributed by atoms with E-state index in [1.807, 2.05) is 24.3 Å². The Labute approximate surface area is 175 Å². The number of nitrogens with one attached hydrogen (secondary N) is 1. The normalized spacial score (nSPS) is 18.0. The van der Waals surface area contributed by atoms with Crippen LogP contribution in [0.3, 0.4) is 0 Å². The maximum atomic E-state index is 12.9. The smallest absolute Gasteiger partial charge is 0.243 e. The van der Waals surface area contributed by atoms with Crippen molar-refractivity contribution in [3.05, 3.63) is 53.6 Å². The van der Waals surface area contributed by atoms with Gasteiger partial charge in [-0.3, -0.25) is 4.79 Å². The van der Waals surface area contributed by atoms with Gasteiger partial charge in [0.05, 0.1) is 16.5 Å². The number of para-hydroxylation sites is 1. The van der Waals surface area contributed by atoms with Crippen LogP contribution in [0.1, 0.15) is 19.8 Å². The second-order valence-corrected chi connectivity index (χ2v) is 10.3. The van der Waals surface area contributed by atoms with Crippen molar-refractivity contribution < 1.29 is 13.2 Å². The Morgan fingerprint density at radius 3 is 2.64 bits per heavy atom. The molecule has 0 spiro atoms. The molecular weight excluding hydrogens is 416 g/mol. The summed E-state index contributed by atoms with van der Waals surface area (Å²) in [5.74, 6) is 0.388. The molecule has 1 fully saturated rings. The number of hydrogen-bond donors (Lipinski definition) is 1. The molecule has 0 radical (unpaired) electrons. The van der Waals surface area contributed by atoms with Crippen molar-refractivity contribution in [2.24, 2.45) is 5.92 Å². The Morgan fingerprint density at radius 2 is 1.93 bits per heavy atom. The highest BCUT2D eigenvalue weighted by molar-refractivity contribution is 7.99. The molecule has 1 atom stereocenters. The molecule has 0 bridgehead atoms. The monoisotopic (exact) mass is 438 g/mol. The second-order valence-electron chi connectivity index (χ2n) is 6.57. The van der Waals surface area contributed by atoms with E-state index in [0.717, 1.165) is 16.3 Å². The van der Waals surface area contributed by atoms with Gasteiger partial charge < -0.3 is 5.32 Å². The highest BCUT2D eigenvalue weighted by Gasteiger charge is 2.33. The molecule has 0 unspecified atom stereocenters. The van der Waals surface area contributed by atoms with Gasteiger partial charge in [0.25, 0.3) is 0 Å². The van der Waals surface area contributed by atoms with Crippen LogP contribution in [-0.2, 0) is 14.8 Å². The van der Waals surface area contributed by atoms with Crippen molar-refractivity contribution in [1.82, 2.24) is 4.31 Å². The number of amides is 1. The summed E-state index contributed by atoms with van der Waals surface area (Å²) in [7, 11) is -3.64. The molecule has 1 aliphatic heterocycles. The third-order valence-electron chi connectivity index (χ3n) is 4.65. The second kappa shape index (κ2) is 9.31. The lowest BCUT2D eigenvalue weighted by Crippen LogP contribution is -2.43. The van der Waals surface area contributed by atoms with Crippen molar-refractivity contribution in [2.45, 2.75) is 29.6 Å². The zero-order valence-electron chi connectivity index (χ0n) is 15.6. The van der Waals surface area contributed by atoms with Gasteiger partial charge in [-0.2, -0.15) is 4.31 Å². The van der Waals surface area contributed by atoms with Gasteiger partial charge in [-0.05, 0) is 55.0 Å².